The summed E-state index contributed by atoms with van der Waals surface area (Å²) in [5.74, 6) is 1.00. The number of rotatable bonds is 3. The van der Waals surface area contributed by atoms with Crippen molar-refractivity contribution >= 4 is 34.5 Å². The van der Waals surface area contributed by atoms with Crippen LogP contribution in [0.15, 0.2) is 38.2 Å². The van der Waals surface area contributed by atoms with E-state index >= 15 is 0 Å². The average molecular weight is 341 g/mol. The second-order valence-corrected chi connectivity index (χ2v) is 5.54. The Labute approximate surface area is 125 Å². The third kappa shape index (κ3) is 3.39. The normalized spacial score (nSPS) is 12.2. The number of halogens is 1. The lowest BCUT2D eigenvalue weighted by molar-refractivity contribution is 0.0933. The minimum Gasteiger partial charge on any atom is -0.444 e. The summed E-state index contributed by atoms with van der Waals surface area (Å²) in [6, 6.07) is 5.01. The predicted molar refractivity (Wildman–Crippen MR) is 78.5 cm³/mol. The highest BCUT2D eigenvalue weighted by Gasteiger charge is 2.17. The van der Waals surface area contributed by atoms with Gasteiger partial charge in [-0.05, 0) is 48.0 Å². The number of oxazole rings is 1. The lowest BCUT2D eigenvalue weighted by Gasteiger charge is -2.11. The van der Waals surface area contributed by atoms with Crippen molar-refractivity contribution in [3.8, 4) is 0 Å². The van der Waals surface area contributed by atoms with E-state index in [-0.39, 0.29) is 11.9 Å². The molecule has 0 bridgehead atoms. The van der Waals surface area contributed by atoms with E-state index in [4.69, 9.17) is 4.42 Å². The number of nitrogens with zero attached hydrogens (tertiary/aromatic N) is 1. The van der Waals surface area contributed by atoms with Gasteiger partial charge in [-0.2, -0.15) is 0 Å². The molecule has 0 spiro atoms. The number of aryl methyl sites for hydroxylation is 1. The fraction of sp³-hybridized carbons (Fsp3) is 0.231. The molecular formula is C13H13BrN2O2S. The smallest absolute Gasteiger partial charge is 0.253 e. The largest absolute Gasteiger partial charge is 0.444 e. The topological polar surface area (TPSA) is 55.1 Å². The molecule has 2 aromatic rings. The van der Waals surface area contributed by atoms with E-state index in [1.165, 1.54) is 0 Å². The van der Waals surface area contributed by atoms with Crippen molar-refractivity contribution in [2.24, 2.45) is 0 Å². The third-order valence-electron chi connectivity index (χ3n) is 2.55. The van der Waals surface area contributed by atoms with E-state index < -0.39 is 0 Å². The maximum atomic E-state index is 12.2. The lowest BCUT2D eigenvalue weighted by atomic mass is 10.2. The summed E-state index contributed by atoms with van der Waals surface area (Å²) in [6.07, 6.45) is 1.63. The van der Waals surface area contributed by atoms with Gasteiger partial charge in [-0.3, -0.25) is 4.79 Å². The number of thiol groups is 1. The highest BCUT2D eigenvalue weighted by Crippen LogP contribution is 2.21. The van der Waals surface area contributed by atoms with Crippen LogP contribution in [0, 0.1) is 6.92 Å². The molecule has 1 heterocycles. The average Bonchev–Trinajstić information content (AvgIpc) is 2.79. The Morgan fingerprint density at radius 3 is 2.89 bits per heavy atom. The first-order chi connectivity index (χ1) is 8.97. The minimum absolute atomic E-state index is 0.203. The van der Waals surface area contributed by atoms with E-state index in [9.17, 15) is 4.79 Å². The van der Waals surface area contributed by atoms with Crippen LogP contribution in [0.5, 0.6) is 0 Å². The fourth-order valence-corrected chi connectivity index (χ4v) is 2.23. The Balaban J connectivity index is 2.15. The molecule has 1 N–H and O–H groups in total. The van der Waals surface area contributed by atoms with Crippen LogP contribution < -0.4 is 5.32 Å². The Bertz CT molecular complexity index is 612. The summed E-state index contributed by atoms with van der Waals surface area (Å²) in [7, 11) is 0. The van der Waals surface area contributed by atoms with Crippen molar-refractivity contribution in [1.29, 1.82) is 0 Å². The SMILES string of the molecule is Cc1cnc(C(C)NC(=O)c2cc(S)ccc2Br)o1. The summed E-state index contributed by atoms with van der Waals surface area (Å²) >= 11 is 7.58. The molecule has 1 amide bonds. The Morgan fingerprint density at radius 2 is 2.26 bits per heavy atom. The molecular weight excluding hydrogens is 328 g/mol. The zero-order chi connectivity index (χ0) is 14.0. The maximum Gasteiger partial charge on any atom is 0.253 e. The third-order valence-corrected chi connectivity index (χ3v) is 3.52. The van der Waals surface area contributed by atoms with Gasteiger partial charge in [0.05, 0.1) is 11.8 Å². The molecule has 0 aliphatic carbocycles. The standard InChI is InChI=1S/C13H13BrN2O2S/c1-7-6-15-13(18-7)8(2)16-12(17)10-5-9(19)3-4-11(10)14/h3-6,8,19H,1-2H3,(H,16,17). The molecule has 2 rings (SSSR count). The second kappa shape index (κ2) is 5.79. The molecule has 0 aliphatic heterocycles. The quantitative estimate of drug-likeness (QED) is 0.840. The molecule has 4 nitrogen and oxygen atoms in total. The first-order valence-electron chi connectivity index (χ1n) is 5.69. The summed E-state index contributed by atoms with van der Waals surface area (Å²) in [5, 5.41) is 2.83. The van der Waals surface area contributed by atoms with Crippen molar-refractivity contribution in [1.82, 2.24) is 10.3 Å². The van der Waals surface area contributed by atoms with Crippen LogP contribution in [0.4, 0.5) is 0 Å². The highest BCUT2D eigenvalue weighted by atomic mass is 79.9. The Kier molecular flexibility index (Phi) is 4.31. The minimum atomic E-state index is -0.295. The van der Waals surface area contributed by atoms with Crippen LogP contribution in [-0.2, 0) is 0 Å². The zero-order valence-electron chi connectivity index (χ0n) is 10.5. The van der Waals surface area contributed by atoms with E-state index in [1.807, 2.05) is 19.9 Å². The first kappa shape index (κ1) is 14.1. The molecule has 0 fully saturated rings. The van der Waals surface area contributed by atoms with E-state index in [0.29, 0.717) is 11.5 Å². The van der Waals surface area contributed by atoms with Gasteiger partial charge in [0.25, 0.3) is 5.91 Å². The van der Waals surface area contributed by atoms with Gasteiger partial charge in [0.1, 0.15) is 11.8 Å². The molecule has 0 radical (unpaired) electrons. The van der Waals surface area contributed by atoms with Gasteiger partial charge in [0.2, 0.25) is 5.89 Å². The molecule has 19 heavy (non-hydrogen) atoms. The van der Waals surface area contributed by atoms with Crippen LogP contribution >= 0.6 is 28.6 Å². The summed E-state index contributed by atoms with van der Waals surface area (Å²) in [4.78, 5) is 17.0. The number of carbonyl (C=O) groups excluding carboxylic acids is 1. The van der Waals surface area contributed by atoms with Gasteiger partial charge in [0, 0.05) is 9.37 Å². The van der Waals surface area contributed by atoms with E-state index in [1.54, 1.807) is 18.3 Å². The van der Waals surface area contributed by atoms with Crippen LogP contribution in [0.3, 0.4) is 0 Å². The summed E-state index contributed by atoms with van der Waals surface area (Å²) in [6.45, 7) is 3.63. The van der Waals surface area contributed by atoms with E-state index in [0.717, 1.165) is 15.1 Å². The first-order valence-corrected chi connectivity index (χ1v) is 6.93. The van der Waals surface area contributed by atoms with Crippen LogP contribution in [0.2, 0.25) is 0 Å². The van der Waals surface area contributed by atoms with Crippen molar-refractivity contribution < 1.29 is 9.21 Å². The Hall–Kier alpha value is -1.27. The second-order valence-electron chi connectivity index (χ2n) is 4.17. The fourth-order valence-electron chi connectivity index (χ4n) is 1.60. The highest BCUT2D eigenvalue weighted by molar-refractivity contribution is 9.10. The van der Waals surface area contributed by atoms with E-state index in [2.05, 4.69) is 38.9 Å². The molecule has 0 saturated carbocycles. The molecule has 6 heteroatoms. The Morgan fingerprint density at radius 1 is 1.53 bits per heavy atom. The number of nitrogens with one attached hydrogen (secondary N) is 1. The van der Waals surface area contributed by atoms with Crippen LogP contribution in [-0.4, -0.2) is 10.9 Å². The number of hydrogen-bond acceptors (Lipinski definition) is 4. The maximum absolute atomic E-state index is 12.2. The molecule has 0 saturated heterocycles. The van der Waals surface area contributed by atoms with Crippen LogP contribution in [0.1, 0.15) is 35.0 Å². The number of hydrogen-bond donors (Lipinski definition) is 2. The van der Waals surface area contributed by atoms with Crippen LogP contribution in [0.25, 0.3) is 0 Å². The molecule has 1 unspecified atom stereocenters. The van der Waals surface area contributed by atoms with Crippen molar-refractivity contribution in [3.63, 3.8) is 0 Å². The monoisotopic (exact) mass is 340 g/mol. The molecule has 0 aliphatic rings. The van der Waals surface area contributed by atoms with Gasteiger partial charge >= 0.3 is 0 Å². The molecule has 1 atom stereocenters. The summed E-state index contributed by atoms with van der Waals surface area (Å²) < 4.78 is 6.10. The van der Waals surface area contributed by atoms with Crippen molar-refractivity contribution in [2.75, 3.05) is 0 Å². The van der Waals surface area contributed by atoms with Gasteiger partial charge in [-0.25, -0.2) is 4.98 Å². The molecule has 1 aromatic heterocycles. The van der Waals surface area contributed by atoms with Crippen molar-refractivity contribution in [3.05, 3.63) is 46.1 Å². The lowest BCUT2D eigenvalue weighted by Crippen LogP contribution is -2.27. The molecule has 100 valence electrons. The number of aromatic nitrogens is 1. The molecule has 1 aromatic carbocycles. The van der Waals surface area contributed by atoms with Gasteiger partial charge < -0.3 is 9.73 Å². The summed E-state index contributed by atoms with van der Waals surface area (Å²) in [5.41, 5.74) is 0.530. The number of benzene rings is 1. The number of amides is 1. The predicted octanol–water partition coefficient (Wildman–Crippen LogP) is 3.53. The zero-order valence-corrected chi connectivity index (χ0v) is 13.0. The van der Waals surface area contributed by atoms with Crippen molar-refractivity contribution in [2.45, 2.75) is 24.8 Å². The number of carbonyl (C=O) groups is 1. The van der Waals surface area contributed by atoms with Gasteiger partial charge in [0.15, 0.2) is 0 Å². The van der Waals surface area contributed by atoms with Gasteiger partial charge in [-0.1, -0.05) is 0 Å². The van der Waals surface area contributed by atoms with Gasteiger partial charge in [-0.15, -0.1) is 12.6 Å².